The van der Waals surface area contributed by atoms with E-state index < -0.39 is 0 Å². The van der Waals surface area contributed by atoms with Crippen LogP contribution in [-0.4, -0.2) is 28.6 Å². The minimum atomic E-state index is 0.806. The molecule has 1 aromatic carbocycles. The van der Waals surface area contributed by atoms with E-state index in [4.69, 9.17) is 4.74 Å². The first-order valence-corrected chi connectivity index (χ1v) is 7.56. The smallest absolute Gasteiger partial charge is 0.123 e. The van der Waals surface area contributed by atoms with Crippen molar-refractivity contribution >= 4 is 0 Å². The summed E-state index contributed by atoms with van der Waals surface area (Å²) in [5.41, 5.74) is 3.34. The lowest BCUT2D eigenvalue weighted by molar-refractivity contribution is 0.408. The number of nitrogens with zero attached hydrogens (tertiary/aromatic N) is 3. The maximum atomic E-state index is 5.45. The molecule has 0 atom stereocenters. The van der Waals surface area contributed by atoms with Gasteiger partial charge in [-0.2, -0.15) is 0 Å². The van der Waals surface area contributed by atoms with Crippen molar-refractivity contribution in [3.05, 3.63) is 30.0 Å². The number of hydrogen-bond acceptors (Lipinski definition) is 4. The molecule has 0 radical (unpaired) electrons. The van der Waals surface area contributed by atoms with E-state index in [0.717, 1.165) is 55.0 Å². The Morgan fingerprint density at radius 2 is 2.10 bits per heavy atom. The highest BCUT2D eigenvalue weighted by molar-refractivity contribution is 5.61. The molecule has 1 N–H and O–H groups in total. The van der Waals surface area contributed by atoms with Crippen LogP contribution in [0.3, 0.4) is 0 Å². The molecular weight excluding hydrogens is 264 g/mol. The van der Waals surface area contributed by atoms with E-state index in [2.05, 4.69) is 41.6 Å². The molecule has 1 heterocycles. The molecule has 0 spiro atoms. The Bertz CT molecular complexity index is 565. The molecule has 1 aromatic heterocycles. The van der Waals surface area contributed by atoms with Crippen LogP contribution < -0.4 is 10.1 Å². The highest BCUT2D eigenvalue weighted by atomic mass is 16.5. The van der Waals surface area contributed by atoms with Crippen LogP contribution in [0, 0.1) is 0 Å². The van der Waals surface area contributed by atoms with Crippen molar-refractivity contribution in [3.8, 4) is 17.0 Å². The lowest BCUT2D eigenvalue weighted by Crippen LogP contribution is -2.14. The first-order valence-electron chi connectivity index (χ1n) is 7.56. The van der Waals surface area contributed by atoms with Gasteiger partial charge in [0.05, 0.1) is 19.0 Å². The zero-order valence-corrected chi connectivity index (χ0v) is 13.1. The van der Waals surface area contributed by atoms with Gasteiger partial charge in [0.1, 0.15) is 5.75 Å². The molecule has 5 nitrogen and oxygen atoms in total. The molecule has 0 amide bonds. The molecule has 2 aromatic rings. The molecule has 2 rings (SSSR count). The first-order chi connectivity index (χ1) is 10.3. The summed E-state index contributed by atoms with van der Waals surface area (Å²) in [5.74, 6) is 0.914. The van der Waals surface area contributed by atoms with Crippen LogP contribution in [0.4, 0.5) is 0 Å². The lowest BCUT2D eigenvalue weighted by Gasteiger charge is -2.12. The molecule has 0 saturated heterocycles. The van der Waals surface area contributed by atoms with Crippen LogP contribution in [0.5, 0.6) is 5.75 Å². The van der Waals surface area contributed by atoms with Crippen molar-refractivity contribution in [2.45, 2.75) is 39.8 Å². The minimum Gasteiger partial charge on any atom is -0.496 e. The predicted molar refractivity (Wildman–Crippen MR) is 84.3 cm³/mol. The average Bonchev–Trinajstić information content (AvgIpc) is 2.96. The summed E-state index contributed by atoms with van der Waals surface area (Å²) in [5, 5.41) is 11.6. The first kappa shape index (κ1) is 15.5. The van der Waals surface area contributed by atoms with Gasteiger partial charge in [-0.1, -0.05) is 19.1 Å². The molecule has 21 heavy (non-hydrogen) atoms. The molecule has 5 heteroatoms. The summed E-state index contributed by atoms with van der Waals surface area (Å²) in [6, 6.07) is 6.24. The van der Waals surface area contributed by atoms with Crippen molar-refractivity contribution < 1.29 is 4.74 Å². The van der Waals surface area contributed by atoms with Crippen LogP contribution in [0.25, 0.3) is 11.3 Å². The summed E-state index contributed by atoms with van der Waals surface area (Å²) < 4.78 is 7.40. The van der Waals surface area contributed by atoms with Crippen LogP contribution in [0.15, 0.2) is 24.4 Å². The van der Waals surface area contributed by atoms with Gasteiger partial charge >= 0.3 is 0 Å². The van der Waals surface area contributed by atoms with Gasteiger partial charge < -0.3 is 10.1 Å². The Kier molecular flexibility index (Phi) is 5.75. The van der Waals surface area contributed by atoms with Crippen molar-refractivity contribution in [2.75, 3.05) is 13.7 Å². The van der Waals surface area contributed by atoms with E-state index in [-0.39, 0.29) is 0 Å². The van der Waals surface area contributed by atoms with Crippen LogP contribution >= 0.6 is 0 Å². The minimum absolute atomic E-state index is 0.806. The Balaban J connectivity index is 2.27. The van der Waals surface area contributed by atoms with Gasteiger partial charge in [-0.05, 0) is 37.6 Å². The van der Waals surface area contributed by atoms with E-state index in [1.165, 1.54) is 0 Å². The number of ether oxygens (including phenoxy) is 1. The number of benzene rings is 1. The third kappa shape index (κ3) is 3.82. The second-order valence-electron chi connectivity index (χ2n) is 5.05. The second-order valence-corrected chi connectivity index (χ2v) is 5.05. The van der Waals surface area contributed by atoms with Gasteiger partial charge in [-0.3, -0.25) is 0 Å². The standard InChI is InChI=1S/C16H24N4O/c1-4-8-17-11-14-10-13(6-7-16(14)21-3)15-12-18-19-20(15)9-5-2/h6-7,10,12,17H,4-5,8-9,11H2,1-3H3. The normalized spacial score (nSPS) is 10.8. The average molecular weight is 288 g/mol. The molecule has 0 fully saturated rings. The third-order valence-electron chi connectivity index (χ3n) is 3.37. The summed E-state index contributed by atoms with van der Waals surface area (Å²) >= 11 is 0. The molecule has 0 aliphatic rings. The fraction of sp³-hybridized carbons (Fsp3) is 0.500. The Morgan fingerprint density at radius 3 is 2.81 bits per heavy atom. The largest absolute Gasteiger partial charge is 0.496 e. The number of aryl methyl sites for hydroxylation is 1. The number of methoxy groups -OCH3 is 1. The maximum absolute atomic E-state index is 5.45. The van der Waals surface area contributed by atoms with E-state index >= 15 is 0 Å². The van der Waals surface area contributed by atoms with E-state index in [1.54, 1.807) is 7.11 Å². The van der Waals surface area contributed by atoms with Gasteiger partial charge in [-0.15, -0.1) is 5.10 Å². The van der Waals surface area contributed by atoms with Crippen LogP contribution in [-0.2, 0) is 13.1 Å². The van der Waals surface area contributed by atoms with Crippen LogP contribution in [0.1, 0.15) is 32.3 Å². The SMILES string of the molecule is CCCNCc1cc(-c2cnnn2CCC)ccc1OC. The Morgan fingerprint density at radius 1 is 1.24 bits per heavy atom. The fourth-order valence-corrected chi connectivity index (χ4v) is 2.33. The van der Waals surface area contributed by atoms with E-state index in [1.807, 2.05) is 16.9 Å². The number of aromatic nitrogens is 3. The van der Waals surface area contributed by atoms with Crippen molar-refractivity contribution in [1.29, 1.82) is 0 Å². The molecular formula is C16H24N4O. The summed E-state index contributed by atoms with van der Waals surface area (Å²) in [6.45, 7) is 6.99. The highest BCUT2D eigenvalue weighted by Gasteiger charge is 2.10. The summed E-state index contributed by atoms with van der Waals surface area (Å²) in [7, 11) is 1.71. The number of nitrogens with one attached hydrogen (secondary N) is 1. The predicted octanol–water partition coefficient (Wildman–Crippen LogP) is 2.86. The molecule has 0 aliphatic carbocycles. The number of hydrogen-bond donors (Lipinski definition) is 1. The van der Waals surface area contributed by atoms with Gasteiger partial charge in [-0.25, -0.2) is 4.68 Å². The quantitative estimate of drug-likeness (QED) is 0.759. The van der Waals surface area contributed by atoms with E-state index in [9.17, 15) is 0 Å². The molecule has 0 aliphatic heterocycles. The third-order valence-corrected chi connectivity index (χ3v) is 3.37. The lowest BCUT2D eigenvalue weighted by atomic mass is 10.1. The molecule has 114 valence electrons. The van der Waals surface area contributed by atoms with Gasteiger partial charge in [0.15, 0.2) is 0 Å². The summed E-state index contributed by atoms with van der Waals surface area (Å²) in [4.78, 5) is 0. The highest BCUT2D eigenvalue weighted by Crippen LogP contribution is 2.26. The molecule has 0 saturated carbocycles. The molecule has 0 bridgehead atoms. The fourth-order valence-electron chi connectivity index (χ4n) is 2.33. The zero-order chi connectivity index (χ0) is 15.1. The second kappa shape index (κ2) is 7.78. The Hall–Kier alpha value is -1.88. The summed E-state index contributed by atoms with van der Waals surface area (Å²) in [6.07, 6.45) is 3.98. The van der Waals surface area contributed by atoms with Crippen molar-refractivity contribution in [1.82, 2.24) is 20.3 Å². The Labute approximate surface area is 126 Å². The maximum Gasteiger partial charge on any atom is 0.123 e. The molecule has 0 unspecified atom stereocenters. The van der Waals surface area contributed by atoms with Crippen molar-refractivity contribution in [3.63, 3.8) is 0 Å². The zero-order valence-electron chi connectivity index (χ0n) is 13.1. The topological polar surface area (TPSA) is 52.0 Å². The number of rotatable bonds is 8. The van der Waals surface area contributed by atoms with Crippen molar-refractivity contribution in [2.24, 2.45) is 0 Å². The van der Waals surface area contributed by atoms with Gasteiger partial charge in [0, 0.05) is 24.2 Å². The monoisotopic (exact) mass is 288 g/mol. The van der Waals surface area contributed by atoms with Gasteiger partial charge in [0.25, 0.3) is 0 Å². The van der Waals surface area contributed by atoms with Crippen LogP contribution in [0.2, 0.25) is 0 Å². The van der Waals surface area contributed by atoms with Gasteiger partial charge in [0.2, 0.25) is 0 Å². The van der Waals surface area contributed by atoms with E-state index in [0.29, 0.717) is 0 Å².